The van der Waals surface area contributed by atoms with E-state index in [1.165, 1.54) is 22.9 Å². The summed E-state index contributed by atoms with van der Waals surface area (Å²) in [7, 11) is 0. The van der Waals surface area contributed by atoms with E-state index in [4.69, 9.17) is 4.74 Å². The lowest BCUT2D eigenvalue weighted by molar-refractivity contribution is -0.389. The maximum absolute atomic E-state index is 13.0. The second-order valence-electron chi connectivity index (χ2n) is 6.75. The number of amides is 1. The van der Waals surface area contributed by atoms with Gasteiger partial charge in [-0.2, -0.15) is 0 Å². The lowest BCUT2D eigenvalue weighted by atomic mass is 10.0. The van der Waals surface area contributed by atoms with Crippen molar-refractivity contribution in [3.63, 3.8) is 0 Å². The molecule has 4 rings (SSSR count). The third-order valence-corrected chi connectivity index (χ3v) is 4.61. The van der Waals surface area contributed by atoms with Crippen molar-refractivity contribution in [1.82, 2.24) is 14.9 Å². The molecule has 2 aromatic carbocycles. The maximum Gasteiger partial charge on any atom is 0.414 e. The van der Waals surface area contributed by atoms with Gasteiger partial charge in [-0.05, 0) is 33.7 Å². The number of nitrogens with one attached hydrogen (secondary N) is 1. The SMILES string of the molecule is O=C(Cc1ccc(-c2ccc(F)cc2)cc1)N[C@@H]1COc2nc([N+](=O)[O-])cn2C1. The molecule has 148 valence electrons. The minimum Gasteiger partial charge on any atom is -0.444 e. The van der Waals surface area contributed by atoms with Gasteiger partial charge in [0.1, 0.15) is 18.6 Å². The monoisotopic (exact) mass is 396 g/mol. The average Bonchev–Trinajstić information content (AvgIpc) is 3.13. The highest BCUT2D eigenvalue weighted by Gasteiger charge is 2.28. The van der Waals surface area contributed by atoms with E-state index < -0.39 is 4.92 Å². The number of hydrogen-bond donors (Lipinski definition) is 1. The maximum atomic E-state index is 13.0. The molecule has 0 spiro atoms. The van der Waals surface area contributed by atoms with Gasteiger partial charge in [0.25, 0.3) is 0 Å². The van der Waals surface area contributed by atoms with Crippen LogP contribution < -0.4 is 10.1 Å². The van der Waals surface area contributed by atoms with Gasteiger partial charge >= 0.3 is 11.8 Å². The summed E-state index contributed by atoms with van der Waals surface area (Å²) in [5.41, 5.74) is 2.67. The predicted octanol–water partition coefficient (Wildman–Crippen LogP) is 2.72. The Morgan fingerprint density at radius 2 is 1.86 bits per heavy atom. The zero-order valence-corrected chi connectivity index (χ0v) is 15.2. The van der Waals surface area contributed by atoms with Crippen LogP contribution in [-0.4, -0.2) is 33.0 Å². The largest absolute Gasteiger partial charge is 0.444 e. The summed E-state index contributed by atoms with van der Waals surface area (Å²) in [5, 5.41) is 13.7. The molecule has 9 heteroatoms. The quantitative estimate of drug-likeness (QED) is 0.528. The molecular weight excluding hydrogens is 379 g/mol. The Kier molecular flexibility index (Phi) is 4.94. The van der Waals surface area contributed by atoms with Gasteiger partial charge in [-0.1, -0.05) is 36.4 Å². The van der Waals surface area contributed by atoms with Crippen molar-refractivity contribution in [2.24, 2.45) is 0 Å². The topological polar surface area (TPSA) is 99.3 Å². The molecule has 2 heterocycles. The Morgan fingerprint density at radius 1 is 1.21 bits per heavy atom. The van der Waals surface area contributed by atoms with Gasteiger partial charge in [-0.25, -0.2) is 4.39 Å². The van der Waals surface area contributed by atoms with Crippen LogP contribution in [0.5, 0.6) is 6.01 Å². The Balaban J connectivity index is 1.35. The normalized spacial score (nSPS) is 15.3. The molecule has 0 bridgehead atoms. The average molecular weight is 396 g/mol. The van der Waals surface area contributed by atoms with E-state index in [1.807, 2.05) is 24.3 Å². The number of imidazole rings is 1. The molecule has 0 fully saturated rings. The zero-order chi connectivity index (χ0) is 20.4. The fourth-order valence-electron chi connectivity index (χ4n) is 3.19. The number of ether oxygens (including phenoxy) is 1. The zero-order valence-electron chi connectivity index (χ0n) is 15.2. The van der Waals surface area contributed by atoms with Crippen molar-refractivity contribution in [3.05, 3.63) is 76.2 Å². The molecule has 0 saturated heterocycles. The summed E-state index contributed by atoms with van der Waals surface area (Å²) in [6.45, 7) is 0.550. The van der Waals surface area contributed by atoms with Crippen molar-refractivity contribution in [2.45, 2.75) is 19.0 Å². The molecule has 29 heavy (non-hydrogen) atoms. The number of halogens is 1. The first-order valence-corrected chi connectivity index (χ1v) is 8.96. The van der Waals surface area contributed by atoms with Crippen LogP contribution >= 0.6 is 0 Å². The van der Waals surface area contributed by atoms with Crippen LogP contribution in [0.25, 0.3) is 11.1 Å². The molecule has 1 aliphatic heterocycles. The third-order valence-electron chi connectivity index (χ3n) is 4.61. The van der Waals surface area contributed by atoms with Crippen molar-refractivity contribution in [2.75, 3.05) is 6.61 Å². The van der Waals surface area contributed by atoms with Gasteiger partial charge < -0.3 is 20.2 Å². The van der Waals surface area contributed by atoms with Crippen LogP contribution in [-0.2, 0) is 17.8 Å². The summed E-state index contributed by atoms with van der Waals surface area (Å²) in [4.78, 5) is 26.3. The van der Waals surface area contributed by atoms with Gasteiger partial charge in [0, 0.05) is 4.98 Å². The van der Waals surface area contributed by atoms with Gasteiger partial charge in [0.05, 0.1) is 19.0 Å². The number of fused-ring (bicyclic) bond motifs is 1. The lowest BCUT2D eigenvalue weighted by Crippen LogP contribution is -2.45. The minimum absolute atomic E-state index is 0.175. The van der Waals surface area contributed by atoms with E-state index in [0.29, 0.717) is 6.54 Å². The highest BCUT2D eigenvalue weighted by molar-refractivity contribution is 5.79. The molecular formula is C20H17FN4O4. The highest BCUT2D eigenvalue weighted by Crippen LogP contribution is 2.22. The molecule has 1 atom stereocenters. The molecule has 0 radical (unpaired) electrons. The van der Waals surface area contributed by atoms with Crippen molar-refractivity contribution >= 4 is 11.7 Å². The summed E-state index contributed by atoms with van der Waals surface area (Å²) in [6.07, 6.45) is 1.49. The van der Waals surface area contributed by atoms with Crippen LogP contribution in [0.2, 0.25) is 0 Å². The number of hydrogen-bond acceptors (Lipinski definition) is 5. The fraction of sp³-hybridized carbons (Fsp3) is 0.200. The summed E-state index contributed by atoms with van der Waals surface area (Å²) < 4.78 is 19.9. The first kappa shape index (κ1) is 18.6. The summed E-state index contributed by atoms with van der Waals surface area (Å²) in [6, 6.07) is 13.6. The number of aromatic nitrogens is 2. The van der Waals surface area contributed by atoms with E-state index in [-0.39, 0.29) is 42.6 Å². The Hall–Kier alpha value is -3.75. The summed E-state index contributed by atoms with van der Waals surface area (Å²) in [5.74, 6) is -0.745. The number of benzene rings is 2. The second kappa shape index (κ2) is 7.70. The second-order valence-corrected chi connectivity index (χ2v) is 6.75. The molecule has 0 aliphatic carbocycles. The van der Waals surface area contributed by atoms with Crippen LogP contribution in [0, 0.1) is 15.9 Å². The van der Waals surface area contributed by atoms with E-state index in [2.05, 4.69) is 10.3 Å². The van der Waals surface area contributed by atoms with Crippen LogP contribution in [0.1, 0.15) is 5.56 Å². The van der Waals surface area contributed by atoms with E-state index in [9.17, 15) is 19.3 Å². The van der Waals surface area contributed by atoms with Gasteiger partial charge in [0.2, 0.25) is 5.91 Å². The third kappa shape index (κ3) is 4.23. The number of nitrogens with zero attached hydrogens (tertiary/aromatic N) is 3. The number of carbonyl (C=O) groups is 1. The number of nitro groups is 1. The Labute approximate surface area is 165 Å². The number of rotatable bonds is 5. The van der Waals surface area contributed by atoms with Gasteiger partial charge in [-0.3, -0.25) is 9.36 Å². The Morgan fingerprint density at radius 3 is 2.52 bits per heavy atom. The van der Waals surface area contributed by atoms with Crippen molar-refractivity contribution in [1.29, 1.82) is 0 Å². The molecule has 1 N–H and O–H groups in total. The van der Waals surface area contributed by atoms with Gasteiger partial charge in [-0.15, -0.1) is 0 Å². The highest BCUT2D eigenvalue weighted by atomic mass is 19.1. The molecule has 0 unspecified atom stereocenters. The molecule has 3 aromatic rings. The fourth-order valence-corrected chi connectivity index (χ4v) is 3.19. The van der Waals surface area contributed by atoms with Gasteiger partial charge in [0.15, 0.2) is 0 Å². The van der Waals surface area contributed by atoms with Crippen molar-refractivity contribution in [3.8, 4) is 17.1 Å². The van der Waals surface area contributed by atoms with E-state index in [0.717, 1.165) is 16.7 Å². The predicted molar refractivity (Wildman–Crippen MR) is 102 cm³/mol. The van der Waals surface area contributed by atoms with Crippen molar-refractivity contribution < 1.29 is 18.8 Å². The first-order valence-electron chi connectivity index (χ1n) is 8.96. The van der Waals surface area contributed by atoms with Crippen LogP contribution in [0.4, 0.5) is 10.2 Å². The lowest BCUT2D eigenvalue weighted by Gasteiger charge is -2.23. The molecule has 1 amide bonds. The first-order chi connectivity index (χ1) is 14.0. The standard InChI is InChI=1S/C20H17FN4O4/c21-16-7-5-15(6-8-16)14-3-1-13(2-4-14)9-19(26)22-17-10-24-11-18(25(27)28)23-20(24)29-12-17/h1-8,11,17H,9-10,12H2,(H,22,26)/t17-/m0/s1. The van der Waals surface area contributed by atoms with E-state index in [1.54, 1.807) is 12.1 Å². The minimum atomic E-state index is -0.585. The number of carbonyl (C=O) groups excluding carboxylic acids is 1. The Bertz CT molecular complexity index is 1050. The molecule has 1 aromatic heterocycles. The van der Waals surface area contributed by atoms with E-state index >= 15 is 0 Å². The smallest absolute Gasteiger partial charge is 0.414 e. The molecule has 1 aliphatic rings. The summed E-state index contributed by atoms with van der Waals surface area (Å²) >= 11 is 0. The molecule has 8 nitrogen and oxygen atoms in total. The molecule has 0 saturated carbocycles. The van der Waals surface area contributed by atoms with Crippen LogP contribution in [0.15, 0.2) is 54.7 Å². The van der Waals surface area contributed by atoms with Crippen LogP contribution in [0.3, 0.4) is 0 Å².